The van der Waals surface area contributed by atoms with Crippen LogP contribution in [0.4, 0.5) is 0 Å². The predicted molar refractivity (Wildman–Crippen MR) is 225 cm³/mol. The van der Waals surface area contributed by atoms with Crippen LogP contribution in [0.1, 0.15) is 53.6 Å². The van der Waals surface area contributed by atoms with Crippen molar-refractivity contribution < 1.29 is 49.5 Å². The Morgan fingerprint density at radius 2 is 0.982 bits per heavy atom. The van der Waals surface area contributed by atoms with Crippen LogP contribution in [-0.2, 0) is 37.6 Å². The second-order valence-electron chi connectivity index (χ2n) is 14.2. The van der Waals surface area contributed by atoms with Gasteiger partial charge in [0.05, 0.1) is 0 Å². The first-order valence-electron chi connectivity index (χ1n) is 19.2. The molecule has 56 heavy (non-hydrogen) atoms. The van der Waals surface area contributed by atoms with Gasteiger partial charge in [0.2, 0.25) is 0 Å². The third kappa shape index (κ3) is 6.75. The number of benzene rings is 7. The number of allylic oxidation sites excluding steroid dienone is 4. The summed E-state index contributed by atoms with van der Waals surface area (Å²) in [6.07, 6.45) is 9.77. The zero-order valence-corrected chi connectivity index (χ0v) is 35.6. The Labute approximate surface area is 358 Å². The number of aryl methyl sites for hydroxylation is 1. The Morgan fingerprint density at radius 3 is 1.45 bits per heavy atom. The standard InChI is InChI=1S/C53H41.2ClH.Zr/c1-3-36-34-43-35-45-47(39-32-20-21-33-39)44(4-2)48(40-26-14-7-15-27-40)50(41-28-16-8-17-29-41)53(45)52(43)51(42-30-18-9-19-31-42)49(36)46(37-22-10-5-11-23-37)38-24-12-6-13-25-38;;;/h5-32,34H,3-4,33H2,1-2H3;2*1H;/q;;;+2/p-2. The molecule has 0 amide bonds. The van der Waals surface area contributed by atoms with E-state index in [-0.39, 0.29) is 24.8 Å². The van der Waals surface area contributed by atoms with Crippen molar-refractivity contribution in [3.8, 4) is 44.5 Å². The molecule has 9 rings (SSSR count). The molecule has 0 aliphatic heterocycles. The van der Waals surface area contributed by atoms with Gasteiger partial charge >= 0.3 is 337 Å². The van der Waals surface area contributed by atoms with Crippen LogP contribution >= 0.6 is 0 Å². The van der Waals surface area contributed by atoms with Gasteiger partial charge in [0.1, 0.15) is 0 Å². The molecule has 3 heteroatoms. The summed E-state index contributed by atoms with van der Waals surface area (Å²) in [6.45, 7) is 4.68. The summed E-state index contributed by atoms with van der Waals surface area (Å²) < 4.78 is 1.46. The molecule has 271 valence electrons. The molecule has 0 saturated heterocycles. The summed E-state index contributed by atoms with van der Waals surface area (Å²) >= 11 is 1.44. The Bertz CT molecular complexity index is 2670. The number of hydrogen-bond donors (Lipinski definition) is 0. The maximum Gasteiger partial charge on any atom is -1.00 e. The molecule has 0 spiro atoms. The van der Waals surface area contributed by atoms with Crippen molar-refractivity contribution in [1.29, 1.82) is 0 Å². The van der Waals surface area contributed by atoms with E-state index in [1.807, 2.05) is 0 Å². The van der Waals surface area contributed by atoms with Crippen LogP contribution in [-0.4, -0.2) is 0 Å². The van der Waals surface area contributed by atoms with Gasteiger partial charge in [-0.3, -0.25) is 0 Å². The van der Waals surface area contributed by atoms with Gasteiger partial charge in [-0.15, -0.1) is 0 Å². The fraction of sp³-hybridized carbons (Fsp3) is 0.0943. The molecule has 7 aromatic carbocycles. The molecule has 7 aromatic rings. The van der Waals surface area contributed by atoms with Gasteiger partial charge in [-0.25, -0.2) is 0 Å². The monoisotopic (exact) mass is 837 g/mol. The first-order chi connectivity index (χ1) is 26.7. The fourth-order valence-electron chi connectivity index (χ4n) is 8.91. The molecule has 0 nitrogen and oxygen atoms in total. The van der Waals surface area contributed by atoms with Gasteiger partial charge in [0, 0.05) is 0 Å². The number of rotatable bonds is 8. The van der Waals surface area contributed by atoms with E-state index in [9.17, 15) is 0 Å². The third-order valence-corrected chi connectivity index (χ3v) is 12.4. The van der Waals surface area contributed by atoms with Gasteiger partial charge in [0.25, 0.3) is 0 Å². The van der Waals surface area contributed by atoms with Crippen molar-refractivity contribution in [3.63, 3.8) is 0 Å². The van der Waals surface area contributed by atoms with E-state index in [0.717, 1.165) is 19.3 Å². The zero-order chi connectivity index (χ0) is 36.6. The Balaban J connectivity index is 0.00000240. The molecule has 0 N–H and O–H groups in total. The molecular formula is C53H41Cl2Zr. The van der Waals surface area contributed by atoms with Crippen LogP contribution in [0.2, 0.25) is 0 Å². The first kappa shape index (κ1) is 39.5. The van der Waals surface area contributed by atoms with Crippen molar-refractivity contribution in [2.45, 2.75) is 33.1 Å². The third-order valence-electron chi connectivity index (χ3n) is 11.2. The Morgan fingerprint density at radius 1 is 0.500 bits per heavy atom. The summed E-state index contributed by atoms with van der Waals surface area (Å²) in [6, 6.07) is 58.3. The molecule has 0 radical (unpaired) electrons. The first-order valence-corrected chi connectivity index (χ1v) is 20.4. The SMILES string of the molecule is CCc1c(C2=CC=CC2)c2c(c(-c3ccccc3)c1-c1ccccc1)-c1c(-c3ccccc3)c(=C(c3ccccc3)c3ccccc3)c(CC)cc1=[C]2[Zr+2].[Cl-].[Cl-]. The van der Waals surface area contributed by atoms with Crippen molar-refractivity contribution in [3.05, 3.63) is 220 Å². The van der Waals surface area contributed by atoms with Crippen LogP contribution in [0.25, 0.3) is 58.9 Å². The van der Waals surface area contributed by atoms with Gasteiger partial charge in [-0.2, -0.15) is 0 Å². The van der Waals surface area contributed by atoms with Gasteiger partial charge in [-0.1, -0.05) is 0 Å². The minimum absolute atomic E-state index is 0. The minimum Gasteiger partial charge on any atom is -1.00 e. The van der Waals surface area contributed by atoms with Gasteiger partial charge in [0.15, 0.2) is 0 Å². The van der Waals surface area contributed by atoms with Crippen molar-refractivity contribution in [2.24, 2.45) is 0 Å². The molecule has 0 unspecified atom stereocenters. The molecular weight excluding hydrogens is 799 g/mol. The van der Waals surface area contributed by atoms with E-state index >= 15 is 0 Å². The Hall–Kier alpha value is -4.78. The number of fused-ring (bicyclic) bond motifs is 3. The normalized spacial score (nSPS) is 12.4. The molecule has 0 atom stereocenters. The summed E-state index contributed by atoms with van der Waals surface area (Å²) in [5.41, 5.74) is 21.4. The van der Waals surface area contributed by atoms with Gasteiger partial charge in [-0.05, 0) is 0 Å². The summed E-state index contributed by atoms with van der Waals surface area (Å²) in [5, 5.41) is 2.72. The predicted octanol–water partition coefficient (Wildman–Crippen LogP) is 6.09. The molecule has 0 aromatic heterocycles. The molecule has 0 fully saturated rings. The van der Waals surface area contributed by atoms with Crippen molar-refractivity contribution in [1.82, 2.24) is 0 Å². The molecule has 0 heterocycles. The van der Waals surface area contributed by atoms with E-state index in [4.69, 9.17) is 0 Å². The minimum atomic E-state index is 0. The summed E-state index contributed by atoms with van der Waals surface area (Å²) in [7, 11) is 0. The average molecular weight is 840 g/mol. The number of halogens is 2. The fourth-order valence-corrected chi connectivity index (χ4v) is 10.0. The van der Waals surface area contributed by atoms with Crippen LogP contribution in [0.3, 0.4) is 0 Å². The maximum atomic E-state index is 2.57. The average Bonchev–Trinajstić information content (AvgIpc) is 3.88. The van der Waals surface area contributed by atoms with Crippen LogP contribution in [0.15, 0.2) is 176 Å². The zero-order valence-electron chi connectivity index (χ0n) is 31.6. The Kier molecular flexibility index (Phi) is 12.1. The topological polar surface area (TPSA) is 0 Å². The van der Waals surface area contributed by atoms with Crippen molar-refractivity contribution >= 4 is 14.4 Å². The molecule has 2 aliphatic carbocycles. The largest absolute Gasteiger partial charge is 1.00 e. The van der Waals surface area contributed by atoms with Crippen LogP contribution in [0, 0.1) is 0 Å². The van der Waals surface area contributed by atoms with E-state index in [1.54, 1.807) is 0 Å². The second kappa shape index (κ2) is 17.2. The second-order valence-corrected chi connectivity index (χ2v) is 15.4. The van der Waals surface area contributed by atoms with E-state index in [2.05, 4.69) is 190 Å². The molecule has 0 saturated carbocycles. The van der Waals surface area contributed by atoms with E-state index < -0.39 is 0 Å². The van der Waals surface area contributed by atoms with Crippen LogP contribution < -0.4 is 35.3 Å². The smallest absolute Gasteiger partial charge is 1.00 e. The maximum absolute atomic E-state index is 2.57. The quantitative estimate of drug-likeness (QED) is 0.174. The van der Waals surface area contributed by atoms with Crippen LogP contribution in [0.5, 0.6) is 0 Å². The van der Waals surface area contributed by atoms with E-state index in [0.29, 0.717) is 0 Å². The van der Waals surface area contributed by atoms with Crippen molar-refractivity contribution in [2.75, 3.05) is 0 Å². The molecule has 2 aliphatic rings. The molecule has 0 bridgehead atoms. The van der Waals surface area contributed by atoms with E-state index in [1.165, 1.54) is 127 Å². The summed E-state index contributed by atoms with van der Waals surface area (Å²) in [4.78, 5) is 0. The summed E-state index contributed by atoms with van der Waals surface area (Å²) in [5.74, 6) is 0. The number of hydrogen-bond acceptors (Lipinski definition) is 0. The van der Waals surface area contributed by atoms with Gasteiger partial charge < -0.3 is 24.8 Å².